The number of carbonyl (C=O) groups is 2. The van der Waals surface area contributed by atoms with Crippen LogP contribution < -0.4 is 4.74 Å². The van der Waals surface area contributed by atoms with Gasteiger partial charge in [-0.15, -0.1) is 0 Å². The Morgan fingerprint density at radius 2 is 1.69 bits per heavy atom. The Balaban J connectivity index is 1.65. The molecule has 0 aromatic heterocycles. The SMILES string of the molecule is CCc1ccc(C2/C(=C(/O)c3ccc(OC(C)C)cc3)C(=O)C(=O)N2CCCN2CCOCC2)cc1. The molecule has 0 bridgehead atoms. The highest BCUT2D eigenvalue weighted by atomic mass is 16.5. The van der Waals surface area contributed by atoms with Crippen LogP contribution in [0.1, 0.15) is 49.9 Å². The maximum atomic E-state index is 13.3. The van der Waals surface area contributed by atoms with Crippen LogP contribution in [0.2, 0.25) is 0 Å². The fourth-order valence-electron chi connectivity index (χ4n) is 4.80. The zero-order valence-electron chi connectivity index (χ0n) is 21.4. The molecule has 0 spiro atoms. The van der Waals surface area contributed by atoms with Gasteiger partial charge < -0.3 is 19.5 Å². The number of hydrogen-bond donors (Lipinski definition) is 1. The molecular formula is C29H36N2O5. The highest BCUT2D eigenvalue weighted by Crippen LogP contribution is 2.39. The Labute approximate surface area is 213 Å². The predicted octanol–water partition coefficient (Wildman–Crippen LogP) is 4.18. The van der Waals surface area contributed by atoms with E-state index in [1.54, 1.807) is 29.2 Å². The summed E-state index contributed by atoms with van der Waals surface area (Å²) in [4.78, 5) is 30.4. The van der Waals surface area contributed by atoms with Gasteiger partial charge in [0.2, 0.25) is 0 Å². The molecule has 0 radical (unpaired) electrons. The summed E-state index contributed by atoms with van der Waals surface area (Å²) in [7, 11) is 0. The first-order chi connectivity index (χ1) is 17.4. The average Bonchev–Trinajstić information content (AvgIpc) is 3.14. The number of aliphatic hydroxyl groups excluding tert-OH is 1. The van der Waals surface area contributed by atoms with Crippen LogP contribution in [-0.4, -0.2) is 72.1 Å². The molecule has 2 aromatic carbocycles. The van der Waals surface area contributed by atoms with Crippen molar-refractivity contribution < 1.29 is 24.2 Å². The highest BCUT2D eigenvalue weighted by molar-refractivity contribution is 6.46. The molecule has 2 aliphatic heterocycles. The monoisotopic (exact) mass is 492 g/mol. The molecule has 2 fully saturated rings. The number of hydrogen-bond acceptors (Lipinski definition) is 6. The number of benzene rings is 2. The second-order valence-electron chi connectivity index (χ2n) is 9.59. The van der Waals surface area contributed by atoms with Crippen molar-refractivity contribution in [2.24, 2.45) is 0 Å². The van der Waals surface area contributed by atoms with Gasteiger partial charge in [-0.2, -0.15) is 0 Å². The Morgan fingerprint density at radius 1 is 1.03 bits per heavy atom. The van der Waals surface area contributed by atoms with E-state index in [4.69, 9.17) is 9.47 Å². The third-order valence-electron chi connectivity index (χ3n) is 6.72. The van der Waals surface area contributed by atoms with E-state index in [1.807, 2.05) is 38.1 Å². The van der Waals surface area contributed by atoms with Gasteiger partial charge in [-0.05, 0) is 62.1 Å². The van der Waals surface area contributed by atoms with Gasteiger partial charge in [0, 0.05) is 31.7 Å². The molecule has 192 valence electrons. The van der Waals surface area contributed by atoms with E-state index < -0.39 is 17.7 Å². The van der Waals surface area contributed by atoms with Crippen molar-refractivity contribution in [3.63, 3.8) is 0 Å². The summed E-state index contributed by atoms with van der Waals surface area (Å²) < 4.78 is 11.1. The molecule has 2 aromatic rings. The van der Waals surface area contributed by atoms with Crippen LogP contribution >= 0.6 is 0 Å². The lowest BCUT2D eigenvalue weighted by Crippen LogP contribution is -2.38. The van der Waals surface area contributed by atoms with Gasteiger partial charge in [-0.25, -0.2) is 0 Å². The van der Waals surface area contributed by atoms with E-state index in [0.717, 1.165) is 51.3 Å². The molecule has 2 aliphatic rings. The summed E-state index contributed by atoms with van der Waals surface area (Å²) in [6.45, 7) is 10.4. The van der Waals surface area contributed by atoms with E-state index in [9.17, 15) is 14.7 Å². The number of ether oxygens (including phenoxy) is 2. The van der Waals surface area contributed by atoms with E-state index in [1.165, 1.54) is 5.56 Å². The van der Waals surface area contributed by atoms with Gasteiger partial charge in [0.25, 0.3) is 11.7 Å². The van der Waals surface area contributed by atoms with Crippen LogP contribution in [0.4, 0.5) is 0 Å². The first kappa shape index (κ1) is 25.9. The molecule has 1 amide bonds. The predicted molar refractivity (Wildman–Crippen MR) is 139 cm³/mol. The number of aryl methyl sites for hydroxylation is 1. The maximum absolute atomic E-state index is 13.3. The molecule has 7 heteroatoms. The molecule has 2 saturated heterocycles. The molecule has 2 heterocycles. The second kappa shape index (κ2) is 11.7. The number of carbonyl (C=O) groups excluding carboxylic acids is 2. The van der Waals surface area contributed by atoms with Crippen LogP contribution in [0.5, 0.6) is 5.75 Å². The fourth-order valence-corrected chi connectivity index (χ4v) is 4.80. The summed E-state index contributed by atoms with van der Waals surface area (Å²) in [5.74, 6) is -0.699. The number of nitrogens with zero attached hydrogens (tertiary/aromatic N) is 2. The van der Waals surface area contributed by atoms with E-state index in [0.29, 0.717) is 17.9 Å². The van der Waals surface area contributed by atoms with Crippen molar-refractivity contribution in [2.45, 2.75) is 45.8 Å². The zero-order chi connectivity index (χ0) is 25.7. The van der Waals surface area contributed by atoms with E-state index >= 15 is 0 Å². The van der Waals surface area contributed by atoms with E-state index in [2.05, 4.69) is 11.8 Å². The van der Waals surface area contributed by atoms with Crippen LogP contribution in [0.15, 0.2) is 54.1 Å². The number of amides is 1. The Bertz CT molecular complexity index is 1090. The van der Waals surface area contributed by atoms with Gasteiger partial charge in [0.05, 0.1) is 30.9 Å². The van der Waals surface area contributed by atoms with Gasteiger partial charge in [-0.3, -0.25) is 14.5 Å². The van der Waals surface area contributed by atoms with Crippen LogP contribution in [0, 0.1) is 0 Å². The standard InChI is InChI=1S/C29H36N2O5/c1-4-21-6-8-22(9-7-21)26-25(27(32)23-10-12-24(13-11-23)36-20(2)3)28(33)29(34)31(26)15-5-14-30-16-18-35-19-17-30/h6-13,20,26,32H,4-5,14-19H2,1-3H3/b27-25-. The van der Waals surface area contributed by atoms with Crippen molar-refractivity contribution in [3.05, 3.63) is 70.8 Å². The lowest BCUT2D eigenvalue weighted by atomic mass is 9.94. The molecular weight excluding hydrogens is 456 g/mol. The minimum atomic E-state index is -0.647. The molecule has 36 heavy (non-hydrogen) atoms. The van der Waals surface area contributed by atoms with Crippen LogP contribution in [0.25, 0.3) is 5.76 Å². The lowest BCUT2D eigenvalue weighted by molar-refractivity contribution is -0.140. The lowest BCUT2D eigenvalue weighted by Gasteiger charge is -2.29. The minimum Gasteiger partial charge on any atom is -0.507 e. The first-order valence-electron chi connectivity index (χ1n) is 12.8. The molecule has 0 saturated carbocycles. The Morgan fingerprint density at radius 3 is 2.31 bits per heavy atom. The average molecular weight is 493 g/mol. The first-order valence-corrected chi connectivity index (χ1v) is 12.8. The quantitative estimate of drug-likeness (QED) is 0.321. The molecule has 4 rings (SSSR count). The number of likely N-dealkylation sites (tertiary alicyclic amines) is 1. The van der Waals surface area contributed by atoms with Crippen LogP contribution in [0.3, 0.4) is 0 Å². The largest absolute Gasteiger partial charge is 0.507 e. The Hall–Kier alpha value is -3.16. The third kappa shape index (κ3) is 5.79. The summed E-state index contributed by atoms with van der Waals surface area (Å²) in [6, 6.07) is 14.3. The van der Waals surface area contributed by atoms with Crippen molar-refractivity contribution in [3.8, 4) is 5.75 Å². The number of rotatable bonds is 9. The summed E-state index contributed by atoms with van der Waals surface area (Å²) in [6.07, 6.45) is 1.65. The molecule has 0 aliphatic carbocycles. The second-order valence-corrected chi connectivity index (χ2v) is 9.59. The van der Waals surface area contributed by atoms with E-state index in [-0.39, 0.29) is 17.4 Å². The van der Waals surface area contributed by atoms with Crippen molar-refractivity contribution in [1.29, 1.82) is 0 Å². The van der Waals surface area contributed by atoms with Gasteiger partial charge in [0.1, 0.15) is 11.5 Å². The summed E-state index contributed by atoms with van der Waals surface area (Å²) in [5, 5.41) is 11.3. The topological polar surface area (TPSA) is 79.3 Å². The van der Waals surface area contributed by atoms with Gasteiger partial charge in [0.15, 0.2) is 0 Å². The third-order valence-corrected chi connectivity index (χ3v) is 6.72. The van der Waals surface area contributed by atoms with Crippen LogP contribution in [-0.2, 0) is 20.7 Å². The summed E-state index contributed by atoms with van der Waals surface area (Å²) in [5.41, 5.74) is 2.60. The fraction of sp³-hybridized carbons (Fsp3) is 0.448. The summed E-state index contributed by atoms with van der Waals surface area (Å²) >= 11 is 0. The number of morpholine rings is 1. The smallest absolute Gasteiger partial charge is 0.295 e. The molecule has 7 nitrogen and oxygen atoms in total. The van der Waals surface area contributed by atoms with Gasteiger partial charge in [-0.1, -0.05) is 31.2 Å². The Kier molecular flexibility index (Phi) is 8.44. The number of ketones is 1. The van der Waals surface area contributed by atoms with Gasteiger partial charge >= 0.3 is 0 Å². The van der Waals surface area contributed by atoms with Crippen molar-refractivity contribution in [2.75, 3.05) is 39.4 Å². The maximum Gasteiger partial charge on any atom is 0.295 e. The number of aliphatic hydroxyl groups is 1. The van der Waals surface area contributed by atoms with Crippen molar-refractivity contribution >= 4 is 17.4 Å². The molecule has 1 N–H and O–H groups in total. The molecule has 1 unspecified atom stereocenters. The van der Waals surface area contributed by atoms with Crippen molar-refractivity contribution in [1.82, 2.24) is 9.80 Å². The number of Topliss-reactive ketones (excluding diaryl/α,β-unsaturated/α-hetero) is 1. The normalized spacial score (nSPS) is 20.3. The molecule has 1 atom stereocenters. The highest BCUT2D eigenvalue weighted by Gasteiger charge is 2.45. The minimum absolute atomic E-state index is 0.0262. The zero-order valence-corrected chi connectivity index (χ0v) is 21.4.